The fraction of sp³-hybridized carbons (Fsp3) is 0.0741. The molecule has 0 bridgehead atoms. The number of thiocarbonyl (C=S) groups is 1. The first-order valence-electron chi connectivity index (χ1n) is 11.1. The molecule has 0 atom stereocenters. The molecule has 174 valence electrons. The number of nitrogens with zero attached hydrogens (tertiary/aromatic N) is 3. The van der Waals surface area contributed by atoms with Crippen molar-refractivity contribution in [2.24, 2.45) is 12.1 Å². The molecule has 35 heavy (non-hydrogen) atoms. The summed E-state index contributed by atoms with van der Waals surface area (Å²) in [5.74, 6) is 0. The van der Waals surface area contributed by atoms with Crippen molar-refractivity contribution in [3.8, 4) is 16.9 Å². The van der Waals surface area contributed by atoms with E-state index >= 15 is 0 Å². The van der Waals surface area contributed by atoms with Gasteiger partial charge in [-0.15, -0.1) is 0 Å². The van der Waals surface area contributed by atoms with Gasteiger partial charge in [0.1, 0.15) is 5.69 Å². The monoisotopic (exact) mass is 480 g/mol. The quantitative estimate of drug-likeness (QED) is 0.189. The van der Waals surface area contributed by atoms with Crippen molar-refractivity contribution < 1.29 is 0 Å². The molecule has 3 N–H and O–H groups in total. The number of rotatable bonds is 5. The van der Waals surface area contributed by atoms with Gasteiger partial charge in [0.2, 0.25) is 0 Å². The Hall–Kier alpha value is -4.43. The average Bonchev–Trinajstić information content (AvgIpc) is 3.35. The van der Waals surface area contributed by atoms with Crippen molar-refractivity contribution in [2.45, 2.75) is 6.92 Å². The molecule has 0 aliphatic heterocycles. The molecule has 0 amide bonds. The maximum atomic E-state index is 13.1. The second-order valence-electron chi connectivity index (χ2n) is 8.09. The molecule has 0 aliphatic rings. The predicted octanol–water partition coefficient (Wildman–Crippen LogP) is 4.95. The van der Waals surface area contributed by atoms with E-state index in [0.29, 0.717) is 5.69 Å². The number of hydrazone groups is 1. The Morgan fingerprint density at radius 2 is 1.63 bits per heavy atom. The summed E-state index contributed by atoms with van der Waals surface area (Å²) in [6.07, 6.45) is 1.75. The first-order valence-corrected chi connectivity index (χ1v) is 11.6. The molecule has 5 rings (SSSR count). The number of benzene rings is 3. The van der Waals surface area contributed by atoms with Crippen LogP contribution in [0.2, 0.25) is 0 Å². The highest BCUT2D eigenvalue weighted by Crippen LogP contribution is 2.28. The zero-order valence-corrected chi connectivity index (χ0v) is 20.1. The number of nitrogens with one attached hydrogen (secondary N) is 3. The minimum absolute atomic E-state index is 0.188. The summed E-state index contributed by atoms with van der Waals surface area (Å²) in [5.41, 5.74) is 8.62. The summed E-state index contributed by atoms with van der Waals surface area (Å²) >= 11 is 5.44. The second-order valence-corrected chi connectivity index (χ2v) is 8.49. The fourth-order valence-corrected chi connectivity index (χ4v) is 4.29. The molecule has 3 aromatic carbocycles. The molecule has 0 aliphatic carbocycles. The van der Waals surface area contributed by atoms with Crippen LogP contribution in [0.1, 0.15) is 11.3 Å². The minimum Gasteiger partial charge on any atom is -0.354 e. The van der Waals surface area contributed by atoms with E-state index in [1.54, 1.807) is 15.6 Å². The lowest BCUT2D eigenvalue weighted by atomic mass is 10.1. The van der Waals surface area contributed by atoms with Gasteiger partial charge in [0.25, 0.3) is 5.56 Å². The number of hydrogen-bond donors (Lipinski definition) is 3. The highest BCUT2D eigenvalue weighted by molar-refractivity contribution is 7.80. The number of H-pyrrole nitrogens is 1. The number of anilines is 1. The van der Waals surface area contributed by atoms with Crippen LogP contribution in [0.3, 0.4) is 0 Å². The molecule has 7 nitrogen and oxygen atoms in total. The summed E-state index contributed by atoms with van der Waals surface area (Å²) in [7, 11) is 1.84. The summed E-state index contributed by atoms with van der Waals surface area (Å²) in [6.45, 7) is 1.87. The molecule has 0 radical (unpaired) electrons. The van der Waals surface area contributed by atoms with Crippen molar-refractivity contribution in [1.82, 2.24) is 19.8 Å². The third kappa shape index (κ3) is 4.27. The van der Waals surface area contributed by atoms with Crippen molar-refractivity contribution in [2.75, 3.05) is 5.32 Å². The van der Waals surface area contributed by atoms with E-state index in [2.05, 4.69) is 39.0 Å². The number of para-hydroxylation sites is 2. The molecule has 2 heterocycles. The van der Waals surface area contributed by atoms with Crippen molar-refractivity contribution >= 4 is 40.1 Å². The summed E-state index contributed by atoms with van der Waals surface area (Å²) in [6, 6.07) is 27.7. The van der Waals surface area contributed by atoms with Gasteiger partial charge in [-0.1, -0.05) is 66.7 Å². The van der Waals surface area contributed by atoms with Gasteiger partial charge in [0, 0.05) is 23.5 Å². The Balaban J connectivity index is 1.39. The maximum Gasteiger partial charge on any atom is 0.295 e. The third-order valence-corrected chi connectivity index (χ3v) is 6.15. The second kappa shape index (κ2) is 9.44. The van der Waals surface area contributed by atoms with Crippen LogP contribution in [0.15, 0.2) is 94.8 Å². The lowest BCUT2D eigenvalue weighted by Gasteiger charge is -2.07. The van der Waals surface area contributed by atoms with E-state index in [-0.39, 0.29) is 10.7 Å². The lowest BCUT2D eigenvalue weighted by molar-refractivity contribution is 0.630. The smallest absolute Gasteiger partial charge is 0.295 e. The highest BCUT2D eigenvalue weighted by atomic mass is 32.1. The molecule has 2 aromatic heterocycles. The Morgan fingerprint density at radius 3 is 2.37 bits per heavy atom. The number of fused-ring (bicyclic) bond motifs is 1. The number of hydrogen-bond acceptors (Lipinski definition) is 3. The first kappa shape index (κ1) is 22.4. The molecule has 0 fully saturated rings. The molecular weight excluding hydrogens is 456 g/mol. The molecule has 0 unspecified atom stereocenters. The molecule has 0 saturated heterocycles. The number of aromatic nitrogens is 3. The van der Waals surface area contributed by atoms with E-state index < -0.39 is 0 Å². The van der Waals surface area contributed by atoms with Gasteiger partial charge in [0.15, 0.2) is 5.11 Å². The Bertz CT molecular complexity index is 1600. The predicted molar refractivity (Wildman–Crippen MR) is 146 cm³/mol. The molecule has 5 aromatic rings. The van der Waals surface area contributed by atoms with Crippen molar-refractivity contribution in [1.29, 1.82) is 0 Å². The van der Waals surface area contributed by atoms with E-state index in [1.165, 1.54) is 0 Å². The Labute approximate surface area is 207 Å². The van der Waals surface area contributed by atoms with E-state index in [4.69, 9.17) is 12.2 Å². The first-order chi connectivity index (χ1) is 17.0. The van der Waals surface area contributed by atoms with Gasteiger partial charge < -0.3 is 10.3 Å². The lowest BCUT2D eigenvalue weighted by Crippen LogP contribution is -2.28. The highest BCUT2D eigenvalue weighted by Gasteiger charge is 2.17. The molecule has 0 spiro atoms. The van der Waals surface area contributed by atoms with Crippen LogP contribution in [0, 0.1) is 6.92 Å². The van der Waals surface area contributed by atoms with E-state index in [0.717, 1.165) is 39.1 Å². The summed E-state index contributed by atoms with van der Waals surface area (Å²) in [5, 5.41) is 8.68. The Kier molecular flexibility index (Phi) is 6.03. The van der Waals surface area contributed by atoms with Crippen molar-refractivity contribution in [3.05, 3.63) is 107 Å². The van der Waals surface area contributed by atoms with Crippen LogP contribution in [-0.2, 0) is 7.05 Å². The summed E-state index contributed by atoms with van der Waals surface area (Å²) < 4.78 is 3.39. The van der Waals surface area contributed by atoms with Crippen LogP contribution in [0.4, 0.5) is 5.69 Å². The Morgan fingerprint density at radius 1 is 0.971 bits per heavy atom. The van der Waals surface area contributed by atoms with Gasteiger partial charge >= 0.3 is 0 Å². The largest absolute Gasteiger partial charge is 0.354 e. The van der Waals surface area contributed by atoms with Crippen LogP contribution in [-0.4, -0.2) is 25.7 Å². The molecular formula is C27H24N6OS. The number of aromatic amines is 1. The minimum atomic E-state index is -0.188. The van der Waals surface area contributed by atoms with Crippen LogP contribution >= 0.6 is 12.2 Å². The van der Waals surface area contributed by atoms with Crippen molar-refractivity contribution in [3.63, 3.8) is 0 Å². The van der Waals surface area contributed by atoms with E-state index in [9.17, 15) is 4.79 Å². The van der Waals surface area contributed by atoms with Gasteiger partial charge in [-0.25, -0.2) is 4.68 Å². The standard InChI is InChI=1S/C27H24N6OS/c1-18-24(26(34)33(32(18)2)20-13-7-4-8-14-20)30-27(35)31-28-17-22-21-15-9-10-16-23(21)29-25(22)19-11-5-3-6-12-19/h3-17,29H,1-2H3,(H2,30,31,35)/b28-17+. The molecule has 8 heteroatoms. The fourth-order valence-electron chi connectivity index (χ4n) is 4.14. The maximum absolute atomic E-state index is 13.1. The zero-order chi connectivity index (χ0) is 24.4. The van der Waals surface area contributed by atoms with Gasteiger partial charge in [-0.2, -0.15) is 5.10 Å². The average molecular weight is 481 g/mol. The van der Waals surface area contributed by atoms with E-state index in [1.807, 2.05) is 80.7 Å². The van der Waals surface area contributed by atoms with Gasteiger partial charge in [0.05, 0.1) is 23.3 Å². The third-order valence-electron chi connectivity index (χ3n) is 5.96. The van der Waals surface area contributed by atoms with Crippen LogP contribution in [0.5, 0.6) is 0 Å². The summed E-state index contributed by atoms with van der Waals surface area (Å²) in [4.78, 5) is 16.6. The normalized spacial score (nSPS) is 11.3. The molecule has 0 saturated carbocycles. The zero-order valence-electron chi connectivity index (χ0n) is 19.3. The SMILES string of the molecule is Cc1c(NC(=S)N/N=C/c2c(-c3ccccc3)[nH]c3ccccc23)c(=O)n(-c2ccccc2)n1C. The van der Waals surface area contributed by atoms with Gasteiger partial charge in [-0.3, -0.25) is 14.9 Å². The van der Waals surface area contributed by atoms with Gasteiger partial charge in [-0.05, 0) is 42.9 Å². The topological polar surface area (TPSA) is 79.1 Å². The van der Waals surface area contributed by atoms with Crippen LogP contribution < -0.4 is 16.3 Å². The van der Waals surface area contributed by atoms with Crippen LogP contribution in [0.25, 0.3) is 27.8 Å².